The number of hydrogen-bond acceptors (Lipinski definition) is 7. The summed E-state index contributed by atoms with van der Waals surface area (Å²) in [6.07, 6.45) is 0. The van der Waals surface area contributed by atoms with Crippen molar-refractivity contribution in [2.75, 3.05) is 40.8 Å². The molecule has 0 saturated heterocycles. The van der Waals surface area contributed by atoms with Gasteiger partial charge in [0.1, 0.15) is 11.5 Å². The van der Waals surface area contributed by atoms with Crippen molar-refractivity contribution in [3.05, 3.63) is 63.8 Å². The number of hydrogen-bond donors (Lipinski definition) is 1. The van der Waals surface area contributed by atoms with Gasteiger partial charge in [-0.3, -0.25) is 9.59 Å². The summed E-state index contributed by atoms with van der Waals surface area (Å²) in [4.78, 5) is 29.7. The van der Waals surface area contributed by atoms with E-state index in [4.69, 9.17) is 18.9 Å². The van der Waals surface area contributed by atoms with E-state index in [1.54, 1.807) is 49.4 Å². The van der Waals surface area contributed by atoms with Crippen LogP contribution in [0.5, 0.6) is 23.0 Å². The topological polar surface area (TPSA) is 86.3 Å². The number of thiophene rings is 1. The maximum Gasteiger partial charge on any atom is 0.254 e. The van der Waals surface area contributed by atoms with Crippen LogP contribution in [0.3, 0.4) is 0 Å². The maximum absolute atomic E-state index is 13.9. The third-order valence-electron chi connectivity index (χ3n) is 5.96. The fourth-order valence-corrected chi connectivity index (χ4v) is 5.16. The van der Waals surface area contributed by atoms with Crippen LogP contribution in [0.1, 0.15) is 32.8 Å². The van der Waals surface area contributed by atoms with Crippen LogP contribution in [0, 0.1) is 0 Å². The maximum atomic E-state index is 13.9. The second-order valence-corrected chi connectivity index (χ2v) is 8.68. The number of fused-ring (bicyclic) bond motifs is 1. The van der Waals surface area contributed by atoms with Crippen molar-refractivity contribution in [1.29, 1.82) is 0 Å². The average Bonchev–Trinajstić information content (AvgIpc) is 3.39. The molecule has 0 spiro atoms. The predicted molar refractivity (Wildman–Crippen MR) is 130 cm³/mol. The third-order valence-corrected chi connectivity index (χ3v) is 6.90. The van der Waals surface area contributed by atoms with E-state index >= 15 is 0 Å². The molecule has 1 N–H and O–H groups in total. The number of methoxy groups -OCH3 is 4. The van der Waals surface area contributed by atoms with Gasteiger partial charge in [0.2, 0.25) is 5.91 Å². The molecule has 0 unspecified atom stereocenters. The van der Waals surface area contributed by atoms with E-state index < -0.39 is 12.0 Å². The van der Waals surface area contributed by atoms with Gasteiger partial charge in [0, 0.05) is 23.6 Å². The van der Waals surface area contributed by atoms with E-state index in [2.05, 4.69) is 5.32 Å². The van der Waals surface area contributed by atoms with Crippen molar-refractivity contribution in [3.63, 3.8) is 0 Å². The van der Waals surface area contributed by atoms with Gasteiger partial charge < -0.3 is 29.2 Å². The van der Waals surface area contributed by atoms with Gasteiger partial charge in [-0.15, -0.1) is 11.3 Å². The Bertz CT molecular complexity index is 1210. The van der Waals surface area contributed by atoms with Gasteiger partial charge in [0.05, 0.1) is 46.1 Å². The van der Waals surface area contributed by atoms with E-state index in [9.17, 15) is 9.59 Å². The van der Waals surface area contributed by atoms with Crippen LogP contribution in [0.2, 0.25) is 0 Å². The second kappa shape index (κ2) is 9.64. The van der Waals surface area contributed by atoms with Crippen molar-refractivity contribution in [1.82, 2.24) is 4.90 Å². The summed E-state index contributed by atoms with van der Waals surface area (Å²) in [5, 5.41) is 4.92. The molecule has 0 fully saturated rings. The summed E-state index contributed by atoms with van der Waals surface area (Å²) in [6.45, 7) is 0. The first kappa shape index (κ1) is 23.4. The molecule has 178 valence electrons. The summed E-state index contributed by atoms with van der Waals surface area (Å²) in [7, 11) is 7.83. The van der Waals surface area contributed by atoms with Gasteiger partial charge in [-0.05, 0) is 41.3 Å². The Morgan fingerprint density at radius 3 is 2.26 bits per heavy atom. The summed E-state index contributed by atoms with van der Waals surface area (Å²) in [6, 6.07) is 11.9. The molecule has 2 amide bonds. The second-order valence-electron chi connectivity index (χ2n) is 7.70. The molecule has 3 aromatic rings. The normalized spacial score (nSPS) is 17.1. The van der Waals surface area contributed by atoms with Gasteiger partial charge >= 0.3 is 0 Å². The Labute approximate surface area is 202 Å². The lowest BCUT2D eigenvalue weighted by Crippen LogP contribution is -2.43. The van der Waals surface area contributed by atoms with Crippen LogP contribution < -0.4 is 24.3 Å². The molecule has 2 aromatic carbocycles. The van der Waals surface area contributed by atoms with Gasteiger partial charge in [0.25, 0.3) is 5.91 Å². The monoisotopic (exact) mass is 482 g/mol. The lowest BCUT2D eigenvalue weighted by atomic mass is 9.81. The molecule has 1 aliphatic heterocycles. The van der Waals surface area contributed by atoms with E-state index in [0.717, 1.165) is 4.88 Å². The van der Waals surface area contributed by atoms with Crippen LogP contribution in [-0.4, -0.2) is 52.2 Å². The zero-order valence-corrected chi connectivity index (χ0v) is 20.4. The standard InChI is InChI=1S/C25H26N2O6S/c1-27-23(21-7-6-10-34-21)22(15-12-19(32-4)20(33-5)13-16(15)25(27)29)24(28)26-17-9-8-14(30-2)11-18(17)31-3/h6-13,22-23H,1-5H3,(H,26,28)/t22-,23+/m0/s1. The van der Waals surface area contributed by atoms with Gasteiger partial charge in [-0.1, -0.05) is 6.07 Å². The van der Waals surface area contributed by atoms with Crippen molar-refractivity contribution in [3.8, 4) is 23.0 Å². The van der Waals surface area contributed by atoms with Crippen LogP contribution in [-0.2, 0) is 4.79 Å². The van der Waals surface area contributed by atoms with Gasteiger partial charge in [-0.2, -0.15) is 0 Å². The molecule has 1 aliphatic rings. The van der Waals surface area contributed by atoms with Crippen molar-refractivity contribution in [2.24, 2.45) is 0 Å². The van der Waals surface area contributed by atoms with Crippen molar-refractivity contribution in [2.45, 2.75) is 12.0 Å². The number of rotatable bonds is 7. The number of anilines is 1. The van der Waals surface area contributed by atoms with Gasteiger partial charge in [0.15, 0.2) is 11.5 Å². The first-order valence-electron chi connectivity index (χ1n) is 10.5. The summed E-state index contributed by atoms with van der Waals surface area (Å²) in [5.41, 5.74) is 1.47. The fourth-order valence-electron chi connectivity index (χ4n) is 4.26. The minimum atomic E-state index is -0.706. The highest BCUT2D eigenvalue weighted by Crippen LogP contribution is 2.47. The molecular weight excluding hydrogens is 456 g/mol. The molecule has 1 aromatic heterocycles. The molecule has 2 heterocycles. The smallest absolute Gasteiger partial charge is 0.254 e. The molecule has 0 radical (unpaired) electrons. The van der Waals surface area contributed by atoms with Crippen LogP contribution in [0.25, 0.3) is 0 Å². The number of benzene rings is 2. The zero-order chi connectivity index (χ0) is 24.4. The summed E-state index contributed by atoms with van der Waals surface area (Å²) in [5.74, 6) is 0.764. The van der Waals surface area contributed by atoms with E-state index in [1.807, 2.05) is 17.5 Å². The van der Waals surface area contributed by atoms with E-state index in [-0.39, 0.29) is 11.8 Å². The highest BCUT2D eigenvalue weighted by Gasteiger charge is 2.44. The third kappa shape index (κ3) is 4.03. The molecule has 0 aliphatic carbocycles. The predicted octanol–water partition coefficient (Wildman–Crippen LogP) is 4.33. The molecule has 0 bridgehead atoms. The Balaban J connectivity index is 1.84. The average molecular weight is 483 g/mol. The Hall–Kier alpha value is -3.72. The van der Waals surface area contributed by atoms with E-state index in [0.29, 0.717) is 39.8 Å². The number of nitrogens with zero attached hydrogens (tertiary/aromatic N) is 1. The first-order chi connectivity index (χ1) is 16.4. The Morgan fingerprint density at radius 1 is 0.941 bits per heavy atom. The van der Waals surface area contributed by atoms with Crippen LogP contribution >= 0.6 is 11.3 Å². The SMILES string of the molecule is COc1ccc(NC(=O)[C@H]2c3cc(OC)c(OC)cc3C(=O)N(C)[C@@H]2c2cccs2)c(OC)c1. The lowest BCUT2D eigenvalue weighted by molar-refractivity contribution is -0.119. The Kier molecular flexibility index (Phi) is 6.65. The molecule has 9 heteroatoms. The zero-order valence-electron chi connectivity index (χ0n) is 19.6. The lowest BCUT2D eigenvalue weighted by Gasteiger charge is -2.39. The number of ether oxygens (including phenoxy) is 4. The number of carbonyl (C=O) groups is 2. The first-order valence-corrected chi connectivity index (χ1v) is 11.4. The fraction of sp³-hybridized carbons (Fsp3) is 0.280. The quantitative estimate of drug-likeness (QED) is 0.540. The minimum Gasteiger partial charge on any atom is -0.497 e. The van der Waals surface area contributed by atoms with Crippen molar-refractivity contribution < 1.29 is 28.5 Å². The number of amides is 2. The van der Waals surface area contributed by atoms with E-state index in [1.165, 1.54) is 32.7 Å². The number of nitrogens with one attached hydrogen (secondary N) is 1. The van der Waals surface area contributed by atoms with Gasteiger partial charge in [-0.25, -0.2) is 0 Å². The molecular formula is C25H26N2O6S. The molecule has 34 heavy (non-hydrogen) atoms. The van der Waals surface area contributed by atoms with Crippen LogP contribution in [0.15, 0.2) is 47.8 Å². The molecule has 8 nitrogen and oxygen atoms in total. The minimum absolute atomic E-state index is 0.194. The summed E-state index contributed by atoms with van der Waals surface area (Å²) < 4.78 is 21.6. The number of likely N-dealkylation sites (N-methyl/N-ethyl adjacent to an activating group) is 1. The number of carbonyl (C=O) groups excluding carboxylic acids is 2. The highest BCUT2D eigenvalue weighted by molar-refractivity contribution is 7.10. The Morgan fingerprint density at radius 2 is 1.65 bits per heavy atom. The summed E-state index contributed by atoms with van der Waals surface area (Å²) >= 11 is 1.50. The highest BCUT2D eigenvalue weighted by atomic mass is 32.1. The molecule has 0 saturated carbocycles. The van der Waals surface area contributed by atoms with Crippen LogP contribution in [0.4, 0.5) is 5.69 Å². The molecule has 2 atom stereocenters. The largest absolute Gasteiger partial charge is 0.497 e. The van der Waals surface area contributed by atoms with Crippen molar-refractivity contribution >= 4 is 28.8 Å². The molecule has 4 rings (SSSR count).